The zero-order chi connectivity index (χ0) is 17.7. The molecule has 1 aromatic carbocycles. The van der Waals surface area contributed by atoms with Gasteiger partial charge < -0.3 is 0 Å². The van der Waals surface area contributed by atoms with E-state index in [-0.39, 0.29) is 16.9 Å². The number of alkyl halides is 2. The van der Waals surface area contributed by atoms with Crippen LogP contribution in [0.2, 0.25) is 0 Å². The van der Waals surface area contributed by atoms with E-state index in [9.17, 15) is 17.6 Å². The first kappa shape index (κ1) is 15.6. The quantitative estimate of drug-likeness (QED) is 0.466. The van der Waals surface area contributed by atoms with Gasteiger partial charge in [0.2, 0.25) is 0 Å². The highest BCUT2D eigenvalue weighted by Crippen LogP contribution is 2.34. The van der Waals surface area contributed by atoms with E-state index in [1.165, 1.54) is 31.3 Å². The summed E-state index contributed by atoms with van der Waals surface area (Å²) in [5, 5.41) is 0.752. The van der Waals surface area contributed by atoms with E-state index in [0.29, 0.717) is 21.9 Å². The lowest BCUT2D eigenvalue weighted by Gasteiger charge is -2.07. The van der Waals surface area contributed by atoms with Gasteiger partial charge in [-0.3, -0.25) is 9.55 Å². The number of hydrogen-bond acceptors (Lipinski definition) is 2. The average molecular weight is 345 g/mol. The molecule has 0 saturated heterocycles. The van der Waals surface area contributed by atoms with Crippen molar-refractivity contribution >= 4 is 21.9 Å². The summed E-state index contributed by atoms with van der Waals surface area (Å²) in [5.74, 6) is -1.08. The van der Waals surface area contributed by atoms with Gasteiger partial charge >= 0.3 is 6.55 Å². The van der Waals surface area contributed by atoms with Crippen LogP contribution in [0.4, 0.5) is 17.6 Å². The van der Waals surface area contributed by atoms with E-state index in [2.05, 4.69) is 9.97 Å². The fourth-order valence-electron chi connectivity index (χ4n) is 2.94. The molecule has 4 aromatic rings. The van der Waals surface area contributed by atoms with Gasteiger partial charge in [0.25, 0.3) is 0 Å². The maximum absolute atomic E-state index is 13.8. The molecule has 0 bridgehead atoms. The third-order valence-electron chi connectivity index (χ3n) is 4.16. The van der Waals surface area contributed by atoms with Crippen LogP contribution in [0.3, 0.4) is 0 Å². The van der Waals surface area contributed by atoms with E-state index < -0.39 is 18.2 Å². The van der Waals surface area contributed by atoms with Crippen LogP contribution in [0.5, 0.6) is 0 Å². The van der Waals surface area contributed by atoms with Crippen LogP contribution in [0.1, 0.15) is 12.2 Å². The smallest absolute Gasteiger partial charge is 0.268 e. The number of benzene rings is 1. The molecule has 0 amide bonds. The van der Waals surface area contributed by atoms with Crippen LogP contribution in [0.25, 0.3) is 33.1 Å². The summed E-state index contributed by atoms with van der Waals surface area (Å²) < 4.78 is 55.1. The first-order chi connectivity index (χ1) is 12.0. The lowest BCUT2D eigenvalue weighted by atomic mass is 10.0. The molecule has 25 heavy (non-hydrogen) atoms. The highest BCUT2D eigenvalue weighted by molar-refractivity contribution is 6.07. The molecular formula is C18H11F4N3. The van der Waals surface area contributed by atoms with Crippen molar-refractivity contribution in [1.82, 2.24) is 14.5 Å². The first-order valence-electron chi connectivity index (χ1n) is 7.45. The summed E-state index contributed by atoms with van der Waals surface area (Å²) in [7, 11) is 0. The monoisotopic (exact) mass is 345 g/mol. The summed E-state index contributed by atoms with van der Waals surface area (Å²) in [6.07, 6.45) is 2.38. The molecule has 0 spiro atoms. The number of aryl methyl sites for hydroxylation is 1. The van der Waals surface area contributed by atoms with Crippen LogP contribution in [-0.2, 0) is 0 Å². The summed E-state index contributed by atoms with van der Waals surface area (Å²) in [5.41, 5.74) is 1.45. The van der Waals surface area contributed by atoms with Gasteiger partial charge in [0.15, 0.2) is 0 Å². The standard InChI is InChI=1S/C18H11F4N3/c1-9-15(20)4-11(7-23-9)10-2-3-13-14-6-12(19)8-24-17(14)25(18(21)22)16(13)5-10/h2-8,18H,1H3. The normalized spacial score (nSPS) is 11.8. The molecule has 3 heterocycles. The minimum atomic E-state index is -2.85. The Morgan fingerprint density at radius 1 is 0.920 bits per heavy atom. The Bertz CT molecular complexity index is 1120. The fraction of sp³-hybridized carbons (Fsp3) is 0.111. The highest BCUT2D eigenvalue weighted by Gasteiger charge is 2.19. The molecule has 4 rings (SSSR count). The molecule has 0 aliphatic rings. The number of fused-ring (bicyclic) bond motifs is 3. The lowest BCUT2D eigenvalue weighted by Crippen LogP contribution is -1.99. The van der Waals surface area contributed by atoms with E-state index in [4.69, 9.17) is 0 Å². The summed E-state index contributed by atoms with van der Waals surface area (Å²) in [6, 6.07) is 7.25. The van der Waals surface area contributed by atoms with E-state index in [1.54, 1.807) is 12.1 Å². The van der Waals surface area contributed by atoms with Gasteiger partial charge in [-0.1, -0.05) is 12.1 Å². The van der Waals surface area contributed by atoms with Crippen LogP contribution in [0, 0.1) is 18.6 Å². The molecule has 0 saturated carbocycles. The Morgan fingerprint density at radius 2 is 1.72 bits per heavy atom. The third-order valence-corrected chi connectivity index (χ3v) is 4.16. The molecule has 7 heteroatoms. The Balaban J connectivity index is 2.03. The maximum atomic E-state index is 13.8. The molecule has 0 unspecified atom stereocenters. The molecule has 0 N–H and O–H groups in total. The van der Waals surface area contributed by atoms with Gasteiger partial charge in [-0.25, -0.2) is 13.8 Å². The molecule has 0 aliphatic carbocycles. The number of hydrogen-bond donors (Lipinski definition) is 0. The van der Waals surface area contributed by atoms with Gasteiger partial charge in [-0.05, 0) is 30.7 Å². The minimum Gasteiger partial charge on any atom is -0.268 e. The SMILES string of the molecule is Cc1ncc(-c2ccc3c4cc(F)cnc4n(C(F)F)c3c2)cc1F. The van der Waals surface area contributed by atoms with Crippen molar-refractivity contribution in [1.29, 1.82) is 0 Å². The largest absolute Gasteiger partial charge is 0.320 e. The molecule has 126 valence electrons. The molecule has 0 fully saturated rings. The topological polar surface area (TPSA) is 30.7 Å². The maximum Gasteiger partial charge on any atom is 0.320 e. The Kier molecular flexibility index (Phi) is 3.45. The summed E-state index contributed by atoms with van der Waals surface area (Å²) in [4.78, 5) is 7.76. The lowest BCUT2D eigenvalue weighted by molar-refractivity contribution is 0.0791. The average Bonchev–Trinajstić information content (AvgIpc) is 2.90. The van der Waals surface area contributed by atoms with Gasteiger partial charge in [0.1, 0.15) is 17.3 Å². The predicted octanol–water partition coefficient (Wildman–Crippen LogP) is 5.23. The molecule has 0 atom stereocenters. The van der Waals surface area contributed by atoms with Crippen molar-refractivity contribution in [3.63, 3.8) is 0 Å². The van der Waals surface area contributed by atoms with Crippen molar-refractivity contribution < 1.29 is 17.6 Å². The van der Waals surface area contributed by atoms with Crippen molar-refractivity contribution in [2.75, 3.05) is 0 Å². The van der Waals surface area contributed by atoms with Crippen molar-refractivity contribution in [2.24, 2.45) is 0 Å². The molecular weight excluding hydrogens is 334 g/mol. The Labute approximate surface area is 139 Å². The highest BCUT2D eigenvalue weighted by atomic mass is 19.3. The van der Waals surface area contributed by atoms with Gasteiger partial charge in [-0.2, -0.15) is 8.78 Å². The number of rotatable bonds is 2. The summed E-state index contributed by atoms with van der Waals surface area (Å²) in [6.45, 7) is -1.31. The second-order valence-corrected chi connectivity index (χ2v) is 5.70. The van der Waals surface area contributed by atoms with Crippen LogP contribution in [-0.4, -0.2) is 14.5 Å². The van der Waals surface area contributed by atoms with E-state index in [0.717, 1.165) is 10.8 Å². The zero-order valence-electron chi connectivity index (χ0n) is 13.0. The van der Waals surface area contributed by atoms with Gasteiger partial charge in [-0.15, -0.1) is 0 Å². The zero-order valence-corrected chi connectivity index (χ0v) is 13.0. The van der Waals surface area contributed by atoms with Crippen LogP contribution in [0.15, 0.2) is 42.7 Å². The predicted molar refractivity (Wildman–Crippen MR) is 86.4 cm³/mol. The third kappa shape index (κ3) is 2.43. The number of halogens is 4. The van der Waals surface area contributed by atoms with Crippen LogP contribution < -0.4 is 0 Å². The second-order valence-electron chi connectivity index (χ2n) is 5.70. The van der Waals surface area contributed by atoms with E-state index in [1.807, 2.05) is 0 Å². The van der Waals surface area contributed by atoms with Crippen molar-refractivity contribution in [3.8, 4) is 11.1 Å². The Hall–Kier alpha value is -2.96. The number of pyridine rings is 2. The first-order valence-corrected chi connectivity index (χ1v) is 7.45. The van der Waals surface area contributed by atoms with Crippen molar-refractivity contribution in [3.05, 3.63) is 60.1 Å². The molecule has 3 aromatic heterocycles. The molecule has 0 radical (unpaired) electrons. The van der Waals surface area contributed by atoms with Gasteiger partial charge in [0, 0.05) is 22.5 Å². The van der Waals surface area contributed by atoms with E-state index >= 15 is 0 Å². The Morgan fingerprint density at radius 3 is 2.44 bits per heavy atom. The second kappa shape index (κ2) is 5.54. The van der Waals surface area contributed by atoms with Gasteiger partial charge in [0.05, 0.1) is 17.4 Å². The van der Waals surface area contributed by atoms with Crippen molar-refractivity contribution in [2.45, 2.75) is 13.5 Å². The van der Waals surface area contributed by atoms with Crippen LogP contribution >= 0.6 is 0 Å². The fourth-order valence-corrected chi connectivity index (χ4v) is 2.94. The minimum absolute atomic E-state index is 0.00300. The summed E-state index contributed by atoms with van der Waals surface area (Å²) >= 11 is 0. The molecule has 0 aliphatic heterocycles. The number of nitrogens with zero attached hydrogens (tertiary/aromatic N) is 3. The number of aromatic nitrogens is 3. The molecule has 3 nitrogen and oxygen atoms in total.